The molecule has 0 saturated heterocycles. The van der Waals surface area contributed by atoms with Gasteiger partial charge in [0.25, 0.3) is 0 Å². The van der Waals surface area contributed by atoms with E-state index in [1.54, 1.807) is 30.5 Å². The molecule has 0 amide bonds. The van der Waals surface area contributed by atoms with E-state index in [1.165, 1.54) is 6.07 Å². The molecule has 0 aliphatic rings. The zero-order chi connectivity index (χ0) is 15.8. The zero-order valence-corrected chi connectivity index (χ0v) is 16.5. The third kappa shape index (κ3) is 6.42. The Morgan fingerprint density at radius 1 is 1.30 bits per heavy atom. The predicted molar refractivity (Wildman–Crippen MR) is 105 cm³/mol. The van der Waals surface area contributed by atoms with Gasteiger partial charge in [-0.05, 0) is 12.5 Å². The molecule has 0 radical (unpaired) electrons. The van der Waals surface area contributed by atoms with Crippen molar-refractivity contribution in [3.05, 3.63) is 51.7 Å². The molecular formula is C16H22FIN4S. The summed E-state index contributed by atoms with van der Waals surface area (Å²) >= 11 is 1.70. The van der Waals surface area contributed by atoms with Gasteiger partial charge >= 0.3 is 0 Å². The van der Waals surface area contributed by atoms with Crippen LogP contribution in [0.25, 0.3) is 0 Å². The van der Waals surface area contributed by atoms with E-state index in [2.05, 4.69) is 32.9 Å². The van der Waals surface area contributed by atoms with Crippen molar-refractivity contribution < 1.29 is 4.39 Å². The maximum absolute atomic E-state index is 13.5. The molecule has 2 aromatic rings. The standard InChI is InChI=1S/C16H21FN4S.HI/c1-3-15-21-13(11-22-15)8-9-19-16(18-2)20-10-12-6-4-5-7-14(12)17;/h4-7,11H,3,8-10H2,1-2H3,(H2,18,19,20);1H. The molecule has 4 nitrogen and oxygen atoms in total. The molecule has 7 heteroatoms. The highest BCUT2D eigenvalue weighted by Gasteiger charge is 2.04. The van der Waals surface area contributed by atoms with Crippen LogP contribution in [0.15, 0.2) is 34.6 Å². The summed E-state index contributed by atoms with van der Waals surface area (Å²) in [7, 11) is 1.70. The van der Waals surface area contributed by atoms with Crippen LogP contribution in [0.3, 0.4) is 0 Å². The van der Waals surface area contributed by atoms with E-state index >= 15 is 0 Å². The van der Waals surface area contributed by atoms with Crippen LogP contribution < -0.4 is 10.6 Å². The maximum Gasteiger partial charge on any atom is 0.191 e. The molecule has 2 rings (SSSR count). The SMILES string of the molecule is CCc1nc(CCNC(=NC)NCc2ccccc2F)cs1.I. The second kappa shape index (κ2) is 10.5. The third-order valence-electron chi connectivity index (χ3n) is 3.20. The highest BCUT2D eigenvalue weighted by atomic mass is 127. The molecule has 0 unspecified atom stereocenters. The number of benzene rings is 1. The van der Waals surface area contributed by atoms with Gasteiger partial charge in [-0.3, -0.25) is 4.99 Å². The third-order valence-corrected chi connectivity index (χ3v) is 4.25. The van der Waals surface area contributed by atoms with Gasteiger partial charge in [-0.25, -0.2) is 9.37 Å². The second-order valence-electron chi connectivity index (χ2n) is 4.78. The minimum Gasteiger partial charge on any atom is -0.356 e. The monoisotopic (exact) mass is 448 g/mol. The van der Waals surface area contributed by atoms with Crippen LogP contribution in [0.5, 0.6) is 0 Å². The maximum atomic E-state index is 13.5. The van der Waals surface area contributed by atoms with E-state index < -0.39 is 0 Å². The normalized spacial score (nSPS) is 11.0. The lowest BCUT2D eigenvalue weighted by atomic mass is 10.2. The quantitative estimate of drug-likeness (QED) is 0.405. The summed E-state index contributed by atoms with van der Waals surface area (Å²) in [5, 5.41) is 9.58. The Morgan fingerprint density at radius 2 is 2.09 bits per heavy atom. The predicted octanol–water partition coefficient (Wildman–Crippen LogP) is 3.37. The van der Waals surface area contributed by atoms with Crippen molar-refractivity contribution >= 4 is 41.3 Å². The van der Waals surface area contributed by atoms with Crippen molar-refractivity contribution in [2.45, 2.75) is 26.3 Å². The highest BCUT2D eigenvalue weighted by Crippen LogP contribution is 2.10. The number of hydrogen-bond acceptors (Lipinski definition) is 3. The molecule has 23 heavy (non-hydrogen) atoms. The number of hydrogen-bond donors (Lipinski definition) is 2. The number of nitrogens with zero attached hydrogens (tertiary/aromatic N) is 2. The molecule has 0 fully saturated rings. The van der Waals surface area contributed by atoms with Crippen LogP contribution in [-0.4, -0.2) is 24.5 Å². The second-order valence-corrected chi connectivity index (χ2v) is 5.72. The number of rotatable bonds is 6. The summed E-state index contributed by atoms with van der Waals surface area (Å²) in [6.07, 6.45) is 1.82. The number of aromatic nitrogens is 1. The van der Waals surface area contributed by atoms with Gasteiger partial charge in [-0.15, -0.1) is 35.3 Å². The Labute approximate surface area is 157 Å². The van der Waals surface area contributed by atoms with E-state index in [1.807, 2.05) is 6.07 Å². The van der Waals surface area contributed by atoms with Gasteiger partial charge in [0.05, 0.1) is 10.7 Å². The van der Waals surface area contributed by atoms with Crippen LogP contribution >= 0.6 is 35.3 Å². The van der Waals surface area contributed by atoms with Gasteiger partial charge in [0.15, 0.2) is 5.96 Å². The van der Waals surface area contributed by atoms with Gasteiger partial charge < -0.3 is 10.6 Å². The fourth-order valence-electron chi connectivity index (χ4n) is 1.98. The van der Waals surface area contributed by atoms with Gasteiger partial charge in [-0.2, -0.15) is 0 Å². The summed E-state index contributed by atoms with van der Waals surface area (Å²) in [6, 6.07) is 6.73. The molecule has 0 atom stereocenters. The van der Waals surface area contributed by atoms with Crippen molar-refractivity contribution in [2.24, 2.45) is 4.99 Å². The lowest BCUT2D eigenvalue weighted by Crippen LogP contribution is -2.38. The zero-order valence-electron chi connectivity index (χ0n) is 13.3. The molecule has 1 aromatic heterocycles. The van der Waals surface area contributed by atoms with Gasteiger partial charge in [0, 0.05) is 37.5 Å². The summed E-state index contributed by atoms with van der Waals surface area (Å²) in [5.74, 6) is 0.453. The van der Waals surface area contributed by atoms with Crippen molar-refractivity contribution in [3.8, 4) is 0 Å². The number of aryl methyl sites for hydroxylation is 1. The average molecular weight is 448 g/mol. The Bertz CT molecular complexity index is 630. The van der Waals surface area contributed by atoms with Crippen LogP contribution in [0, 0.1) is 5.82 Å². The van der Waals surface area contributed by atoms with Crippen molar-refractivity contribution in [2.75, 3.05) is 13.6 Å². The van der Waals surface area contributed by atoms with Crippen molar-refractivity contribution in [1.82, 2.24) is 15.6 Å². The average Bonchev–Trinajstić information content (AvgIpc) is 3.00. The van der Waals surface area contributed by atoms with Gasteiger partial charge in [0.2, 0.25) is 0 Å². The number of aliphatic imine (C=N–C) groups is 1. The molecule has 2 N–H and O–H groups in total. The molecule has 1 heterocycles. The lowest BCUT2D eigenvalue weighted by Gasteiger charge is -2.11. The molecular weight excluding hydrogens is 426 g/mol. The topological polar surface area (TPSA) is 49.3 Å². The minimum atomic E-state index is -0.208. The first-order valence-electron chi connectivity index (χ1n) is 7.34. The molecule has 0 bridgehead atoms. The highest BCUT2D eigenvalue weighted by molar-refractivity contribution is 14.0. The molecule has 126 valence electrons. The Kier molecular flexibility index (Phi) is 9.08. The van der Waals surface area contributed by atoms with Crippen molar-refractivity contribution in [1.29, 1.82) is 0 Å². The van der Waals surface area contributed by atoms with E-state index in [-0.39, 0.29) is 29.8 Å². The number of thiazole rings is 1. The number of guanidine groups is 1. The van der Waals surface area contributed by atoms with Crippen LogP contribution in [0.2, 0.25) is 0 Å². The fourth-order valence-corrected chi connectivity index (χ4v) is 2.76. The van der Waals surface area contributed by atoms with E-state index in [4.69, 9.17) is 0 Å². The fraction of sp³-hybridized carbons (Fsp3) is 0.375. The molecule has 1 aromatic carbocycles. The summed E-state index contributed by atoms with van der Waals surface area (Å²) in [6.45, 7) is 3.25. The van der Waals surface area contributed by atoms with Crippen molar-refractivity contribution in [3.63, 3.8) is 0 Å². The minimum absolute atomic E-state index is 0. The Balaban J connectivity index is 0.00000264. The number of nitrogens with one attached hydrogen (secondary N) is 2. The van der Waals surface area contributed by atoms with Gasteiger partial charge in [-0.1, -0.05) is 25.1 Å². The molecule has 0 aliphatic heterocycles. The molecule has 0 saturated carbocycles. The van der Waals surface area contributed by atoms with E-state index in [9.17, 15) is 4.39 Å². The molecule has 0 aliphatic carbocycles. The first-order chi connectivity index (χ1) is 10.7. The smallest absolute Gasteiger partial charge is 0.191 e. The van der Waals surface area contributed by atoms with Crippen LogP contribution in [0.1, 0.15) is 23.2 Å². The van der Waals surface area contributed by atoms with Gasteiger partial charge in [0.1, 0.15) is 5.82 Å². The number of halogens is 2. The first-order valence-corrected chi connectivity index (χ1v) is 8.22. The van der Waals surface area contributed by atoms with Crippen LogP contribution in [0.4, 0.5) is 4.39 Å². The lowest BCUT2D eigenvalue weighted by molar-refractivity contribution is 0.604. The molecule has 0 spiro atoms. The largest absolute Gasteiger partial charge is 0.356 e. The summed E-state index contributed by atoms with van der Waals surface area (Å²) in [5.41, 5.74) is 1.72. The Hall–Kier alpha value is -1.22. The summed E-state index contributed by atoms with van der Waals surface area (Å²) in [4.78, 5) is 8.66. The summed E-state index contributed by atoms with van der Waals surface area (Å²) < 4.78 is 13.5. The van der Waals surface area contributed by atoms with E-state index in [0.717, 1.165) is 30.1 Å². The Morgan fingerprint density at radius 3 is 2.74 bits per heavy atom. The van der Waals surface area contributed by atoms with Crippen LogP contribution in [-0.2, 0) is 19.4 Å². The van der Waals surface area contributed by atoms with E-state index in [0.29, 0.717) is 18.1 Å². The first kappa shape index (κ1) is 19.8.